The second kappa shape index (κ2) is 11.9. The van der Waals surface area contributed by atoms with E-state index in [0.29, 0.717) is 0 Å². The second-order valence-corrected chi connectivity index (χ2v) is 15.6. The molecule has 0 unspecified atom stereocenters. The first kappa shape index (κ1) is 31.5. The number of anilines is 6. The number of nitrogens with zero attached hydrogens (tertiary/aromatic N) is 2. The van der Waals surface area contributed by atoms with E-state index in [-0.39, 0.29) is 0 Å². The minimum absolute atomic E-state index is 1.14. The van der Waals surface area contributed by atoms with Crippen LogP contribution in [-0.2, 0) is 0 Å². The summed E-state index contributed by atoms with van der Waals surface area (Å²) in [5.74, 6) is 0. The van der Waals surface area contributed by atoms with E-state index >= 15 is 0 Å². The molecule has 0 saturated heterocycles. The molecule has 0 radical (unpaired) electrons. The highest BCUT2D eigenvalue weighted by atomic mass is 15.1. The average Bonchev–Trinajstić information content (AvgIpc) is 3.79. The van der Waals surface area contributed by atoms with Crippen LogP contribution in [0.1, 0.15) is 0 Å². The molecule has 0 amide bonds. The Morgan fingerprint density at radius 2 is 0.466 bits per heavy atom. The zero-order chi connectivity index (χ0) is 37.9. The zero-order valence-corrected chi connectivity index (χ0v) is 31.5. The first-order valence-electron chi connectivity index (χ1n) is 20.1. The highest BCUT2D eigenvalue weighted by molar-refractivity contribution is 6.40. The van der Waals surface area contributed by atoms with Gasteiger partial charge in [-0.2, -0.15) is 0 Å². The summed E-state index contributed by atoms with van der Waals surface area (Å²) in [5, 5.41) is 10.8. The predicted molar refractivity (Wildman–Crippen MR) is 246 cm³/mol. The molecule has 0 aromatic heterocycles. The summed E-state index contributed by atoms with van der Waals surface area (Å²) in [5.41, 5.74) is 17.3. The van der Waals surface area contributed by atoms with Crippen molar-refractivity contribution in [1.29, 1.82) is 0 Å². The third-order valence-electron chi connectivity index (χ3n) is 12.6. The lowest BCUT2D eigenvalue weighted by atomic mass is 9.86. The highest BCUT2D eigenvalue weighted by Crippen LogP contribution is 2.57. The zero-order valence-electron chi connectivity index (χ0n) is 31.5. The van der Waals surface area contributed by atoms with Crippen molar-refractivity contribution >= 4 is 77.2 Å². The number of hydrogen-bond donors (Lipinski definition) is 0. The van der Waals surface area contributed by atoms with Crippen LogP contribution in [0.25, 0.3) is 87.6 Å². The van der Waals surface area contributed by atoms with Gasteiger partial charge in [0, 0.05) is 34.1 Å². The van der Waals surface area contributed by atoms with Crippen LogP contribution < -0.4 is 9.80 Å². The average molecular weight is 735 g/mol. The Bertz CT molecular complexity index is 3100. The second-order valence-electron chi connectivity index (χ2n) is 15.6. The lowest BCUT2D eigenvalue weighted by Gasteiger charge is -2.26. The van der Waals surface area contributed by atoms with Gasteiger partial charge < -0.3 is 9.80 Å². The van der Waals surface area contributed by atoms with Crippen LogP contribution in [0.15, 0.2) is 206 Å². The van der Waals surface area contributed by atoms with Gasteiger partial charge in [0.1, 0.15) is 0 Å². The molecular weight excluding hydrogens is 701 g/mol. The van der Waals surface area contributed by atoms with Crippen molar-refractivity contribution in [3.8, 4) is 44.5 Å². The van der Waals surface area contributed by atoms with Crippen LogP contribution >= 0.6 is 0 Å². The van der Waals surface area contributed by atoms with Crippen molar-refractivity contribution < 1.29 is 0 Å². The first-order chi connectivity index (χ1) is 28.8. The molecule has 2 heteroatoms. The van der Waals surface area contributed by atoms with Crippen molar-refractivity contribution in [1.82, 2.24) is 0 Å². The molecule has 0 N–H and O–H groups in total. The summed E-state index contributed by atoms with van der Waals surface area (Å²) in [6.07, 6.45) is 0. The van der Waals surface area contributed by atoms with Crippen molar-refractivity contribution in [3.05, 3.63) is 206 Å². The van der Waals surface area contributed by atoms with Crippen LogP contribution in [-0.4, -0.2) is 0 Å². The maximum Gasteiger partial charge on any atom is 0.0468 e. The predicted octanol–water partition coefficient (Wildman–Crippen LogP) is 16.0. The molecule has 0 aliphatic heterocycles. The third-order valence-corrected chi connectivity index (χ3v) is 12.6. The fourth-order valence-corrected chi connectivity index (χ4v) is 10.2. The number of benzene rings is 11. The Morgan fingerprint density at radius 1 is 0.190 bits per heavy atom. The van der Waals surface area contributed by atoms with E-state index in [0.717, 1.165) is 34.1 Å². The Kier molecular flexibility index (Phi) is 6.47. The molecule has 0 fully saturated rings. The molecule has 0 saturated carbocycles. The lowest BCUT2D eigenvalue weighted by Crippen LogP contribution is -2.09. The van der Waals surface area contributed by atoms with Gasteiger partial charge in [-0.25, -0.2) is 0 Å². The van der Waals surface area contributed by atoms with Crippen LogP contribution in [0.4, 0.5) is 34.1 Å². The molecule has 13 rings (SSSR count). The topological polar surface area (TPSA) is 6.48 Å². The summed E-state index contributed by atoms with van der Waals surface area (Å²) >= 11 is 0. The molecular formula is C56H34N2. The van der Waals surface area contributed by atoms with Crippen molar-refractivity contribution in [3.63, 3.8) is 0 Å². The molecule has 0 bridgehead atoms. The van der Waals surface area contributed by atoms with E-state index in [1.807, 2.05) is 0 Å². The summed E-state index contributed by atoms with van der Waals surface area (Å²) < 4.78 is 0. The molecule has 2 aliphatic carbocycles. The quantitative estimate of drug-likeness (QED) is 0.124. The molecule has 0 heterocycles. The van der Waals surface area contributed by atoms with Gasteiger partial charge in [-0.3, -0.25) is 0 Å². The van der Waals surface area contributed by atoms with Crippen LogP contribution in [0, 0.1) is 0 Å². The van der Waals surface area contributed by atoms with Crippen LogP contribution in [0.5, 0.6) is 0 Å². The standard InChI is InChI=1S/C56H34N2/c1-5-13-35(14-6-1)57(36-15-7-2-8-16-36)39-21-23-41-43-25-27-45-48-30-32-50-52-34-40(58(37-17-9-3-10-18-37)38-19-11-4-12-20-38)22-24-42(52)44-26-28-46(56(48)54(44)50)47-29-31-49(51(41)33-39)53(43)55(45)47/h1-34H. The Hall–Kier alpha value is -7.68. The number of hydrogen-bond acceptors (Lipinski definition) is 2. The van der Waals surface area contributed by atoms with Crippen LogP contribution in [0.3, 0.4) is 0 Å². The minimum atomic E-state index is 1.14. The Labute approximate surface area is 336 Å². The maximum absolute atomic E-state index is 2.40. The van der Waals surface area contributed by atoms with Gasteiger partial charge in [0.25, 0.3) is 0 Å². The molecule has 11 aromatic carbocycles. The molecule has 2 nitrogen and oxygen atoms in total. The van der Waals surface area contributed by atoms with E-state index in [1.54, 1.807) is 0 Å². The fourth-order valence-electron chi connectivity index (χ4n) is 10.2. The molecule has 0 atom stereocenters. The molecule has 2 aliphatic rings. The van der Waals surface area contributed by atoms with Gasteiger partial charge in [0.05, 0.1) is 0 Å². The van der Waals surface area contributed by atoms with Gasteiger partial charge in [-0.15, -0.1) is 0 Å². The SMILES string of the molecule is c1ccc(N(c2ccccc2)c2ccc3c(c2)-c2ccc4c5ccc6c7c(ccc(c8ccc-3c2c84)c75)-c2cc(N(c3ccccc3)c3ccccc3)ccc2-6)cc1. The van der Waals surface area contributed by atoms with E-state index < -0.39 is 0 Å². The molecule has 0 spiro atoms. The largest absolute Gasteiger partial charge is 0.310 e. The van der Waals surface area contributed by atoms with Crippen molar-refractivity contribution in [2.24, 2.45) is 0 Å². The van der Waals surface area contributed by atoms with Gasteiger partial charge >= 0.3 is 0 Å². The molecule has 58 heavy (non-hydrogen) atoms. The third kappa shape index (κ3) is 4.32. The smallest absolute Gasteiger partial charge is 0.0468 e. The van der Waals surface area contributed by atoms with Crippen molar-refractivity contribution in [2.45, 2.75) is 0 Å². The minimum Gasteiger partial charge on any atom is -0.310 e. The maximum atomic E-state index is 2.40. The first-order valence-corrected chi connectivity index (χ1v) is 20.1. The van der Waals surface area contributed by atoms with Gasteiger partial charge in [0.15, 0.2) is 0 Å². The van der Waals surface area contributed by atoms with Gasteiger partial charge in [0.2, 0.25) is 0 Å². The van der Waals surface area contributed by atoms with E-state index in [4.69, 9.17) is 0 Å². The number of fused-ring (bicyclic) bond motifs is 8. The number of para-hydroxylation sites is 4. The van der Waals surface area contributed by atoms with Gasteiger partial charge in [-0.05, 0) is 160 Å². The summed E-state index contributed by atoms with van der Waals surface area (Å²) in [4.78, 5) is 4.72. The van der Waals surface area contributed by atoms with E-state index in [1.165, 1.54) is 87.6 Å². The normalized spacial score (nSPS) is 12.1. The summed E-state index contributed by atoms with van der Waals surface area (Å²) in [6, 6.07) is 75.9. The van der Waals surface area contributed by atoms with E-state index in [9.17, 15) is 0 Å². The number of rotatable bonds is 6. The molecule has 11 aromatic rings. The Balaban J connectivity index is 0.988. The van der Waals surface area contributed by atoms with E-state index in [2.05, 4.69) is 216 Å². The van der Waals surface area contributed by atoms with Gasteiger partial charge in [-0.1, -0.05) is 133 Å². The highest BCUT2D eigenvalue weighted by Gasteiger charge is 2.29. The summed E-state index contributed by atoms with van der Waals surface area (Å²) in [6.45, 7) is 0. The lowest BCUT2D eigenvalue weighted by molar-refractivity contribution is 1.28. The van der Waals surface area contributed by atoms with Crippen LogP contribution in [0.2, 0.25) is 0 Å². The summed E-state index contributed by atoms with van der Waals surface area (Å²) in [7, 11) is 0. The van der Waals surface area contributed by atoms with Crippen molar-refractivity contribution in [2.75, 3.05) is 9.80 Å². The Morgan fingerprint density at radius 3 is 0.776 bits per heavy atom. The fraction of sp³-hybridized carbons (Fsp3) is 0. The molecule has 268 valence electrons. The monoisotopic (exact) mass is 734 g/mol.